The van der Waals surface area contributed by atoms with Gasteiger partial charge in [-0.15, -0.1) is 0 Å². The van der Waals surface area contributed by atoms with Crippen molar-refractivity contribution in [2.24, 2.45) is 0 Å². The Morgan fingerprint density at radius 2 is 1.39 bits per heavy atom. The summed E-state index contributed by atoms with van der Waals surface area (Å²) in [4.78, 5) is 36.3. The number of fused-ring (bicyclic) bond motifs is 1. The lowest BCUT2D eigenvalue weighted by Crippen LogP contribution is -2.21. The summed E-state index contributed by atoms with van der Waals surface area (Å²) in [5.74, 6) is 0.267. The van der Waals surface area contributed by atoms with Crippen LogP contribution >= 0.6 is 0 Å². The lowest BCUT2D eigenvalue weighted by molar-refractivity contribution is -0.147. The van der Waals surface area contributed by atoms with Crippen LogP contribution < -0.4 is 15.4 Å². The standard InChI is InChI=1S/C31H30N2O5/c1-21-17-22(2)19-25(18-21)33-30(35)20-37-31(36)12-6-11-29(34)32-24-13-15-26(16-14-24)38-28-10-5-8-23-7-3-4-9-27(23)28/h3-5,7-10,13-19H,6,11-12,20H2,1-2H3,(H,32,34)(H,33,35). The van der Waals surface area contributed by atoms with E-state index in [0.717, 1.165) is 27.6 Å². The predicted octanol–water partition coefficient (Wildman–Crippen LogP) is 6.54. The fraction of sp³-hybridized carbons (Fsp3) is 0.194. The first-order valence-electron chi connectivity index (χ1n) is 12.4. The summed E-state index contributed by atoms with van der Waals surface area (Å²) in [6, 6.07) is 26.7. The predicted molar refractivity (Wildman–Crippen MR) is 148 cm³/mol. The van der Waals surface area contributed by atoms with Crippen LogP contribution in [-0.2, 0) is 19.1 Å². The molecule has 2 N–H and O–H groups in total. The molecule has 4 aromatic rings. The highest BCUT2D eigenvalue weighted by molar-refractivity contribution is 5.93. The van der Waals surface area contributed by atoms with Gasteiger partial charge in [-0.3, -0.25) is 14.4 Å². The van der Waals surface area contributed by atoms with Crippen LogP contribution in [0.1, 0.15) is 30.4 Å². The largest absolute Gasteiger partial charge is 0.457 e. The molecule has 7 heteroatoms. The summed E-state index contributed by atoms with van der Waals surface area (Å²) in [6.07, 6.45) is 0.506. The Bertz CT molecular complexity index is 1420. The SMILES string of the molecule is Cc1cc(C)cc(NC(=O)COC(=O)CCCC(=O)Nc2ccc(Oc3cccc4ccccc34)cc2)c1. The number of carbonyl (C=O) groups excluding carboxylic acids is 3. The molecule has 0 saturated heterocycles. The van der Waals surface area contributed by atoms with Gasteiger partial charge < -0.3 is 20.1 Å². The highest BCUT2D eigenvalue weighted by atomic mass is 16.5. The molecule has 0 saturated carbocycles. The van der Waals surface area contributed by atoms with Gasteiger partial charge in [-0.25, -0.2) is 0 Å². The molecule has 0 unspecified atom stereocenters. The first kappa shape index (κ1) is 26.4. The van der Waals surface area contributed by atoms with Gasteiger partial charge in [0, 0.05) is 29.6 Å². The molecule has 0 aromatic heterocycles. The smallest absolute Gasteiger partial charge is 0.306 e. The molecule has 0 heterocycles. The number of amides is 2. The van der Waals surface area contributed by atoms with Gasteiger partial charge in [-0.1, -0.05) is 42.5 Å². The molecule has 7 nitrogen and oxygen atoms in total. The number of aryl methyl sites for hydroxylation is 2. The number of nitrogens with one attached hydrogen (secondary N) is 2. The molecule has 2 amide bonds. The van der Waals surface area contributed by atoms with E-state index in [0.29, 0.717) is 23.5 Å². The van der Waals surface area contributed by atoms with Crippen LogP contribution in [0.5, 0.6) is 11.5 Å². The Labute approximate surface area is 221 Å². The van der Waals surface area contributed by atoms with E-state index in [1.54, 1.807) is 24.3 Å². The van der Waals surface area contributed by atoms with Gasteiger partial charge in [-0.2, -0.15) is 0 Å². The maximum Gasteiger partial charge on any atom is 0.306 e. The highest BCUT2D eigenvalue weighted by Gasteiger charge is 2.11. The first-order chi connectivity index (χ1) is 18.4. The summed E-state index contributed by atoms with van der Waals surface area (Å²) in [5, 5.41) is 7.65. The third-order valence-electron chi connectivity index (χ3n) is 5.77. The average molecular weight is 511 g/mol. The normalized spacial score (nSPS) is 10.6. The molecule has 4 aromatic carbocycles. The van der Waals surface area contributed by atoms with E-state index in [9.17, 15) is 14.4 Å². The Morgan fingerprint density at radius 1 is 0.711 bits per heavy atom. The summed E-state index contributed by atoms with van der Waals surface area (Å²) in [5.41, 5.74) is 3.35. The lowest BCUT2D eigenvalue weighted by atomic mass is 10.1. The van der Waals surface area contributed by atoms with Gasteiger partial charge in [-0.05, 0) is 79.2 Å². The van der Waals surface area contributed by atoms with E-state index in [2.05, 4.69) is 10.6 Å². The molecule has 0 radical (unpaired) electrons. The zero-order chi connectivity index (χ0) is 26.9. The molecule has 0 fully saturated rings. The molecule has 0 bridgehead atoms. The van der Waals surface area contributed by atoms with Crippen molar-refractivity contribution in [1.82, 2.24) is 0 Å². The van der Waals surface area contributed by atoms with Gasteiger partial charge in [0.1, 0.15) is 11.5 Å². The molecule has 0 aliphatic rings. The van der Waals surface area contributed by atoms with E-state index in [1.165, 1.54) is 0 Å². The third-order valence-corrected chi connectivity index (χ3v) is 5.77. The van der Waals surface area contributed by atoms with Crippen LogP contribution in [0.25, 0.3) is 10.8 Å². The first-order valence-corrected chi connectivity index (χ1v) is 12.4. The summed E-state index contributed by atoms with van der Waals surface area (Å²) in [7, 11) is 0. The average Bonchev–Trinajstić information content (AvgIpc) is 2.88. The van der Waals surface area contributed by atoms with Crippen LogP contribution in [0.15, 0.2) is 84.9 Å². The Hall–Kier alpha value is -4.65. The second-order valence-electron chi connectivity index (χ2n) is 9.09. The van der Waals surface area contributed by atoms with Crippen molar-refractivity contribution in [2.75, 3.05) is 17.2 Å². The molecule has 0 aliphatic heterocycles. The summed E-state index contributed by atoms with van der Waals surface area (Å²) < 4.78 is 11.1. The number of hydrogen-bond acceptors (Lipinski definition) is 5. The lowest BCUT2D eigenvalue weighted by Gasteiger charge is -2.10. The monoisotopic (exact) mass is 510 g/mol. The van der Waals surface area contributed by atoms with Crippen LogP contribution in [0, 0.1) is 13.8 Å². The second-order valence-corrected chi connectivity index (χ2v) is 9.09. The number of ether oxygens (including phenoxy) is 2. The van der Waals surface area contributed by atoms with Gasteiger partial charge in [0.05, 0.1) is 0 Å². The minimum atomic E-state index is -0.525. The van der Waals surface area contributed by atoms with Crippen molar-refractivity contribution in [3.05, 3.63) is 96.1 Å². The fourth-order valence-corrected chi connectivity index (χ4v) is 4.10. The zero-order valence-corrected chi connectivity index (χ0v) is 21.5. The number of anilines is 2. The summed E-state index contributed by atoms with van der Waals surface area (Å²) >= 11 is 0. The number of hydrogen-bond donors (Lipinski definition) is 2. The van der Waals surface area contributed by atoms with Crippen molar-refractivity contribution < 1.29 is 23.9 Å². The van der Waals surface area contributed by atoms with Crippen molar-refractivity contribution in [3.8, 4) is 11.5 Å². The topological polar surface area (TPSA) is 93.7 Å². The fourth-order valence-electron chi connectivity index (χ4n) is 4.10. The van der Waals surface area contributed by atoms with Crippen LogP contribution in [0.4, 0.5) is 11.4 Å². The van der Waals surface area contributed by atoms with E-state index >= 15 is 0 Å². The molecule has 194 valence electrons. The number of carbonyl (C=O) groups is 3. The van der Waals surface area contributed by atoms with Crippen molar-refractivity contribution in [1.29, 1.82) is 0 Å². The Morgan fingerprint density at radius 3 is 2.16 bits per heavy atom. The molecule has 0 aliphatic carbocycles. The molecule has 0 atom stereocenters. The van der Waals surface area contributed by atoms with Gasteiger partial charge in [0.15, 0.2) is 6.61 Å². The van der Waals surface area contributed by atoms with Crippen LogP contribution in [0.2, 0.25) is 0 Å². The van der Waals surface area contributed by atoms with Crippen LogP contribution in [0.3, 0.4) is 0 Å². The minimum Gasteiger partial charge on any atom is -0.457 e. The van der Waals surface area contributed by atoms with Gasteiger partial charge in [0.2, 0.25) is 5.91 Å². The van der Waals surface area contributed by atoms with Crippen molar-refractivity contribution in [3.63, 3.8) is 0 Å². The minimum absolute atomic E-state index is 0.0437. The van der Waals surface area contributed by atoms with Gasteiger partial charge in [0.25, 0.3) is 5.91 Å². The summed E-state index contributed by atoms with van der Waals surface area (Å²) in [6.45, 7) is 3.51. The second kappa shape index (κ2) is 12.5. The van der Waals surface area contributed by atoms with Crippen molar-refractivity contribution >= 4 is 39.9 Å². The maximum absolute atomic E-state index is 12.3. The van der Waals surface area contributed by atoms with E-state index in [-0.39, 0.29) is 25.4 Å². The quantitative estimate of drug-likeness (QED) is 0.236. The van der Waals surface area contributed by atoms with Crippen LogP contribution in [-0.4, -0.2) is 24.4 Å². The van der Waals surface area contributed by atoms with E-state index in [4.69, 9.17) is 9.47 Å². The number of rotatable bonds is 10. The third kappa shape index (κ3) is 7.67. The Kier molecular flexibility index (Phi) is 8.72. The van der Waals surface area contributed by atoms with Crippen molar-refractivity contribution in [2.45, 2.75) is 33.1 Å². The molecular formula is C31H30N2O5. The van der Waals surface area contributed by atoms with E-state index < -0.39 is 11.9 Å². The molecule has 38 heavy (non-hydrogen) atoms. The zero-order valence-electron chi connectivity index (χ0n) is 21.5. The number of benzene rings is 4. The van der Waals surface area contributed by atoms with Gasteiger partial charge >= 0.3 is 5.97 Å². The number of esters is 1. The van der Waals surface area contributed by atoms with E-state index in [1.807, 2.05) is 74.5 Å². The molecule has 4 rings (SSSR count). The highest BCUT2D eigenvalue weighted by Crippen LogP contribution is 2.30. The maximum atomic E-state index is 12.3. The molecular weight excluding hydrogens is 480 g/mol. The molecule has 0 spiro atoms. The Balaban J connectivity index is 1.16.